The number of rotatable bonds is 4. The molecular weight excluding hydrogens is 733 g/mol. The second-order valence-corrected chi connectivity index (χ2v) is 18.8. The molecule has 0 atom stereocenters. The third kappa shape index (κ3) is 11.4. The van der Waals surface area contributed by atoms with Crippen molar-refractivity contribution in [3.63, 3.8) is 0 Å². The summed E-state index contributed by atoms with van der Waals surface area (Å²) in [5.41, 5.74) is -2.69. The van der Waals surface area contributed by atoms with Gasteiger partial charge in [0.25, 0.3) is 0 Å². The van der Waals surface area contributed by atoms with Gasteiger partial charge in [-0.05, 0) is 132 Å². The lowest BCUT2D eigenvalue weighted by Crippen LogP contribution is -2.44. The number of benzene rings is 2. The lowest BCUT2D eigenvalue weighted by Gasteiger charge is -2.27. The number of guanidine groups is 2. The van der Waals surface area contributed by atoms with E-state index in [1.54, 1.807) is 83.1 Å². The highest BCUT2D eigenvalue weighted by molar-refractivity contribution is 7.91. The number of sulfone groups is 1. The zero-order valence-electron chi connectivity index (χ0n) is 33.6. The second-order valence-electron chi connectivity index (χ2n) is 16.8. The molecular formula is C38H52N6O10S. The number of ether oxygens (including phenoxy) is 4. The summed E-state index contributed by atoms with van der Waals surface area (Å²) in [4.78, 5) is 66.2. The van der Waals surface area contributed by atoms with Gasteiger partial charge in [-0.15, -0.1) is 0 Å². The number of hydrogen-bond acceptors (Lipinski definition) is 12. The molecule has 2 fully saturated rings. The van der Waals surface area contributed by atoms with E-state index in [1.165, 1.54) is 68.1 Å². The molecule has 0 aliphatic carbocycles. The highest BCUT2D eigenvalue weighted by atomic mass is 32.2. The summed E-state index contributed by atoms with van der Waals surface area (Å²) in [5, 5.41) is 0. The molecule has 4 rings (SSSR count). The van der Waals surface area contributed by atoms with Gasteiger partial charge < -0.3 is 18.9 Å². The van der Waals surface area contributed by atoms with Gasteiger partial charge in [-0.25, -0.2) is 57.2 Å². The maximum Gasteiger partial charge on any atom is 0.417 e. The maximum absolute atomic E-state index is 13.7. The quantitative estimate of drug-likeness (QED) is 0.283. The summed E-state index contributed by atoms with van der Waals surface area (Å²) in [7, 11) is -4.04. The number of aliphatic imine (C=N–C) groups is 2. The lowest BCUT2D eigenvalue weighted by atomic mass is 10.2. The Hall–Kier alpha value is -5.19. The van der Waals surface area contributed by atoms with Crippen LogP contribution in [0.1, 0.15) is 83.1 Å². The van der Waals surface area contributed by atoms with Crippen LogP contribution in [0.3, 0.4) is 0 Å². The van der Waals surface area contributed by atoms with E-state index < -0.39 is 56.6 Å². The van der Waals surface area contributed by atoms with Crippen molar-refractivity contribution in [2.75, 3.05) is 26.2 Å². The van der Waals surface area contributed by atoms with Gasteiger partial charge in [-0.2, -0.15) is 0 Å². The van der Waals surface area contributed by atoms with Crippen LogP contribution in [0.5, 0.6) is 0 Å². The Morgan fingerprint density at radius 3 is 0.873 bits per heavy atom. The molecule has 0 saturated carbocycles. The van der Waals surface area contributed by atoms with Gasteiger partial charge in [0.05, 0.1) is 47.3 Å². The number of carbonyl (C=O) groups excluding carboxylic acids is 4. The summed E-state index contributed by atoms with van der Waals surface area (Å²) in [6.45, 7) is 21.1. The van der Waals surface area contributed by atoms with Crippen molar-refractivity contribution in [2.24, 2.45) is 9.98 Å². The Morgan fingerprint density at radius 1 is 0.455 bits per heavy atom. The molecule has 17 heteroatoms. The minimum atomic E-state index is -4.04. The molecule has 2 saturated heterocycles. The lowest BCUT2D eigenvalue weighted by molar-refractivity contribution is 0.0351. The average Bonchev–Trinajstić information content (AvgIpc) is 3.63. The average molecular weight is 785 g/mol. The SMILES string of the molecule is CC(C)(C)OC(=O)N1CCN(C(=O)OC(C)(C)C)C1=Nc1ccc(S(=O)(=O)c2ccc(N=C3N(C(=O)OC(C)(C)C)CCN3C(=O)OC(C)(C)C)cc2)cc1. The van der Waals surface area contributed by atoms with E-state index >= 15 is 0 Å². The van der Waals surface area contributed by atoms with E-state index in [0.29, 0.717) is 0 Å². The van der Waals surface area contributed by atoms with E-state index in [9.17, 15) is 27.6 Å². The highest BCUT2D eigenvalue weighted by Gasteiger charge is 2.41. The number of amides is 4. The molecule has 0 N–H and O–H groups in total. The van der Waals surface area contributed by atoms with Crippen LogP contribution in [0.15, 0.2) is 68.3 Å². The van der Waals surface area contributed by atoms with Crippen LogP contribution < -0.4 is 0 Å². The van der Waals surface area contributed by atoms with Crippen LogP contribution in [0.2, 0.25) is 0 Å². The Kier molecular flexibility index (Phi) is 12.0. The molecule has 0 unspecified atom stereocenters. The van der Waals surface area contributed by atoms with Gasteiger partial charge in [0.15, 0.2) is 0 Å². The molecule has 2 aliphatic heterocycles. The first-order valence-electron chi connectivity index (χ1n) is 17.8. The van der Waals surface area contributed by atoms with E-state index in [0.717, 1.165) is 0 Å². The van der Waals surface area contributed by atoms with E-state index in [4.69, 9.17) is 18.9 Å². The summed E-state index contributed by atoms with van der Waals surface area (Å²) >= 11 is 0. The first-order valence-corrected chi connectivity index (χ1v) is 19.3. The minimum absolute atomic E-state index is 0.0194. The topological polar surface area (TPSA) is 177 Å². The fourth-order valence-corrected chi connectivity index (χ4v) is 6.32. The zero-order valence-corrected chi connectivity index (χ0v) is 34.4. The molecule has 55 heavy (non-hydrogen) atoms. The van der Waals surface area contributed by atoms with Gasteiger partial charge in [-0.3, -0.25) is 0 Å². The van der Waals surface area contributed by atoms with Gasteiger partial charge in [0, 0.05) is 0 Å². The first-order chi connectivity index (χ1) is 25.1. The van der Waals surface area contributed by atoms with E-state index in [1.807, 2.05) is 0 Å². The molecule has 2 aromatic carbocycles. The molecule has 0 radical (unpaired) electrons. The van der Waals surface area contributed by atoms with Gasteiger partial charge in [0.1, 0.15) is 22.4 Å². The normalized spacial score (nSPS) is 15.6. The van der Waals surface area contributed by atoms with Crippen LogP contribution in [-0.2, 0) is 28.8 Å². The summed E-state index contributed by atoms with van der Waals surface area (Å²) in [5.74, 6) is -0.0388. The maximum atomic E-state index is 13.7. The van der Waals surface area contributed by atoms with Crippen molar-refractivity contribution < 1.29 is 46.5 Å². The Morgan fingerprint density at radius 2 is 0.673 bits per heavy atom. The van der Waals surface area contributed by atoms with Crippen LogP contribution >= 0.6 is 0 Å². The summed E-state index contributed by atoms with van der Waals surface area (Å²) in [6, 6.07) is 11.3. The molecule has 300 valence electrons. The fraction of sp³-hybridized carbons (Fsp3) is 0.526. The van der Waals surface area contributed by atoms with Gasteiger partial charge >= 0.3 is 24.4 Å². The number of carbonyl (C=O) groups is 4. The molecule has 0 spiro atoms. The molecule has 0 bridgehead atoms. The third-order valence-corrected chi connectivity index (χ3v) is 9.05. The van der Waals surface area contributed by atoms with Crippen molar-refractivity contribution in [1.82, 2.24) is 19.6 Å². The molecule has 2 heterocycles. The van der Waals surface area contributed by atoms with Crippen LogP contribution in [0.25, 0.3) is 0 Å². The van der Waals surface area contributed by atoms with Crippen molar-refractivity contribution in [2.45, 2.75) is 115 Å². The molecule has 2 aliphatic rings. The van der Waals surface area contributed by atoms with Crippen LogP contribution in [-0.4, -0.2) is 113 Å². The van der Waals surface area contributed by atoms with Crippen LogP contribution in [0, 0.1) is 0 Å². The zero-order chi connectivity index (χ0) is 41.3. The van der Waals surface area contributed by atoms with Crippen molar-refractivity contribution in [1.29, 1.82) is 0 Å². The second kappa shape index (κ2) is 15.5. The van der Waals surface area contributed by atoms with Crippen molar-refractivity contribution in [3.05, 3.63) is 48.5 Å². The standard InChI is InChI=1S/C38H52N6O10S/c1-35(2,3)51-31(45)41-21-22-42(32(46)52-36(4,5)6)29(41)39-25-13-17-27(18-14-25)55(49,50)28-19-15-26(16-20-28)40-30-43(33(47)53-37(7,8)9)23-24-44(30)34(48)54-38(10,11)12/h13-20H,21-24H2,1-12H3. The molecule has 2 aromatic rings. The molecule has 16 nitrogen and oxygen atoms in total. The van der Waals surface area contributed by atoms with Crippen LogP contribution in [0.4, 0.5) is 30.6 Å². The number of nitrogens with zero attached hydrogens (tertiary/aromatic N) is 6. The summed E-state index contributed by atoms with van der Waals surface area (Å²) < 4.78 is 49.5. The number of hydrogen-bond donors (Lipinski definition) is 0. The van der Waals surface area contributed by atoms with E-state index in [-0.39, 0.29) is 59.3 Å². The Bertz CT molecular complexity index is 1740. The Labute approximate surface area is 323 Å². The monoisotopic (exact) mass is 784 g/mol. The first kappa shape index (κ1) is 42.6. The predicted octanol–water partition coefficient (Wildman–Crippen LogP) is 7.47. The predicted molar refractivity (Wildman–Crippen MR) is 204 cm³/mol. The largest absolute Gasteiger partial charge is 0.443 e. The molecule has 4 amide bonds. The van der Waals surface area contributed by atoms with Crippen molar-refractivity contribution >= 4 is 57.5 Å². The Balaban J connectivity index is 1.62. The van der Waals surface area contributed by atoms with E-state index in [2.05, 4.69) is 9.98 Å². The van der Waals surface area contributed by atoms with Gasteiger partial charge in [0.2, 0.25) is 21.8 Å². The highest BCUT2D eigenvalue weighted by Crippen LogP contribution is 2.28. The summed E-state index contributed by atoms with van der Waals surface area (Å²) in [6.07, 6.45) is -2.80. The smallest absolute Gasteiger partial charge is 0.417 e. The third-order valence-electron chi connectivity index (χ3n) is 7.27. The molecule has 0 aromatic heterocycles. The van der Waals surface area contributed by atoms with Gasteiger partial charge in [-0.1, -0.05) is 0 Å². The van der Waals surface area contributed by atoms with Crippen molar-refractivity contribution in [3.8, 4) is 0 Å². The fourth-order valence-electron chi connectivity index (χ4n) is 5.06. The minimum Gasteiger partial charge on any atom is -0.443 e.